The van der Waals surface area contributed by atoms with Crippen LogP contribution >= 0.6 is 0 Å². The van der Waals surface area contributed by atoms with Crippen LogP contribution in [0.3, 0.4) is 0 Å². The molecule has 3 aromatic rings. The third kappa shape index (κ3) is 3.30. The Labute approximate surface area is 142 Å². The second kappa shape index (κ2) is 7.26. The molecule has 0 aliphatic carbocycles. The maximum absolute atomic E-state index is 12.0. The Hall–Kier alpha value is -2.68. The van der Waals surface area contributed by atoms with Crippen molar-refractivity contribution in [2.24, 2.45) is 0 Å². The Bertz CT molecular complexity index is 876. The van der Waals surface area contributed by atoms with Crippen molar-refractivity contribution in [3.05, 3.63) is 71.8 Å². The lowest BCUT2D eigenvalue weighted by atomic mass is 9.94. The molecule has 0 fully saturated rings. The first-order valence-corrected chi connectivity index (χ1v) is 8.41. The lowest BCUT2D eigenvalue weighted by Gasteiger charge is -2.11. The minimum absolute atomic E-state index is 0.300. The van der Waals surface area contributed by atoms with Crippen molar-refractivity contribution in [1.82, 2.24) is 9.97 Å². The number of hydrogen-bond acceptors (Lipinski definition) is 2. The van der Waals surface area contributed by atoms with Gasteiger partial charge >= 0.3 is 0 Å². The summed E-state index contributed by atoms with van der Waals surface area (Å²) in [6.45, 7) is 4.07. The molecule has 1 N–H and O–H groups in total. The van der Waals surface area contributed by atoms with Crippen LogP contribution in [0.2, 0.25) is 0 Å². The Balaban J connectivity index is 2.06. The van der Waals surface area contributed by atoms with Crippen LogP contribution in [0.15, 0.2) is 55.0 Å². The van der Waals surface area contributed by atoms with Crippen LogP contribution in [0, 0.1) is 0 Å². The number of H-pyrrole nitrogens is 1. The first-order valence-electron chi connectivity index (χ1n) is 8.41. The fourth-order valence-corrected chi connectivity index (χ4v) is 3.12. The second-order valence-electron chi connectivity index (χ2n) is 5.99. The van der Waals surface area contributed by atoms with E-state index in [1.165, 1.54) is 10.8 Å². The number of rotatable bonds is 6. The highest BCUT2D eigenvalue weighted by atomic mass is 16.1. The lowest BCUT2D eigenvalue weighted by molar-refractivity contribution is -0.118. The minimum Gasteiger partial charge on any atom is -0.345 e. The van der Waals surface area contributed by atoms with Crippen molar-refractivity contribution in [2.45, 2.75) is 33.1 Å². The van der Waals surface area contributed by atoms with Gasteiger partial charge in [-0.15, -0.1) is 0 Å². The van der Waals surface area contributed by atoms with Gasteiger partial charge in [0.2, 0.25) is 0 Å². The molecule has 0 amide bonds. The van der Waals surface area contributed by atoms with Crippen LogP contribution < -0.4 is 0 Å². The van der Waals surface area contributed by atoms with E-state index in [2.05, 4.69) is 52.4 Å². The monoisotopic (exact) mass is 318 g/mol. The van der Waals surface area contributed by atoms with Gasteiger partial charge in [0.15, 0.2) is 0 Å². The van der Waals surface area contributed by atoms with Gasteiger partial charge in [-0.05, 0) is 35.2 Å². The number of nitrogens with zero attached hydrogens (tertiary/aromatic N) is 1. The van der Waals surface area contributed by atoms with Gasteiger partial charge in [0.1, 0.15) is 5.78 Å². The molecule has 0 atom stereocenters. The first kappa shape index (κ1) is 16.2. The highest BCUT2D eigenvalue weighted by molar-refractivity contribution is 5.97. The lowest BCUT2D eigenvalue weighted by Crippen LogP contribution is -2.02. The van der Waals surface area contributed by atoms with E-state index in [1.54, 1.807) is 6.33 Å². The maximum atomic E-state index is 12.0. The molecule has 0 radical (unpaired) electrons. The van der Waals surface area contributed by atoms with Crippen LogP contribution in [0.5, 0.6) is 0 Å². The number of imidazole rings is 1. The van der Waals surface area contributed by atoms with Crippen LogP contribution in [0.4, 0.5) is 0 Å². The van der Waals surface area contributed by atoms with Crippen molar-refractivity contribution in [3.8, 4) is 0 Å². The van der Waals surface area contributed by atoms with E-state index in [0.717, 1.165) is 28.8 Å². The van der Waals surface area contributed by atoms with Crippen LogP contribution in [-0.4, -0.2) is 15.8 Å². The number of aromatic nitrogens is 2. The molecule has 0 bridgehead atoms. The quantitative estimate of drug-likeness (QED) is 0.700. The number of aromatic amines is 1. The summed E-state index contributed by atoms with van der Waals surface area (Å²) in [6.07, 6.45) is 7.68. The van der Waals surface area contributed by atoms with Crippen molar-refractivity contribution >= 4 is 22.1 Å². The number of carbonyl (C=O) groups excluding carboxylic acids is 1. The molecule has 0 aliphatic heterocycles. The molecule has 122 valence electrons. The Kier molecular flexibility index (Phi) is 4.90. The summed E-state index contributed by atoms with van der Waals surface area (Å²) >= 11 is 0. The normalized spacial score (nSPS) is 11.8. The summed E-state index contributed by atoms with van der Waals surface area (Å²) < 4.78 is 0. The minimum atomic E-state index is 0.300. The van der Waals surface area contributed by atoms with Gasteiger partial charge in [-0.25, -0.2) is 4.98 Å². The number of Topliss-reactive ketones (excluding diaryl/α,β-unsaturated/α-hetero) is 1. The zero-order chi connectivity index (χ0) is 16.9. The molecule has 3 nitrogen and oxygen atoms in total. The molecule has 1 aromatic heterocycles. The summed E-state index contributed by atoms with van der Waals surface area (Å²) in [7, 11) is 0. The van der Waals surface area contributed by atoms with Gasteiger partial charge in [-0.1, -0.05) is 49.4 Å². The first-order chi connectivity index (χ1) is 11.7. The number of fused-ring (bicyclic) bond motifs is 1. The molecule has 0 saturated heterocycles. The predicted molar refractivity (Wildman–Crippen MR) is 98.9 cm³/mol. The number of ketones is 1. The van der Waals surface area contributed by atoms with E-state index in [4.69, 9.17) is 0 Å². The van der Waals surface area contributed by atoms with Gasteiger partial charge in [0.05, 0.1) is 18.2 Å². The van der Waals surface area contributed by atoms with Gasteiger partial charge in [-0.3, -0.25) is 4.79 Å². The highest BCUT2D eigenvalue weighted by Gasteiger charge is 2.11. The maximum Gasteiger partial charge on any atom is 0.137 e. The Morgan fingerprint density at radius 1 is 1.25 bits per heavy atom. The number of nitrogens with one attached hydrogen (secondary N) is 1. The fourth-order valence-electron chi connectivity index (χ4n) is 3.12. The molecular formula is C21H22N2O. The SMILES string of the molecule is CC=C(c1cnc[nH]1)c1cccc2ccc(CC(=O)CCC)cc12. The smallest absolute Gasteiger partial charge is 0.137 e. The molecular weight excluding hydrogens is 296 g/mol. The summed E-state index contributed by atoms with van der Waals surface area (Å²) in [5.74, 6) is 0.300. The van der Waals surface area contributed by atoms with E-state index in [0.29, 0.717) is 18.6 Å². The van der Waals surface area contributed by atoms with Crippen molar-refractivity contribution < 1.29 is 4.79 Å². The molecule has 0 spiro atoms. The van der Waals surface area contributed by atoms with Crippen LogP contribution in [0.25, 0.3) is 16.3 Å². The third-order valence-electron chi connectivity index (χ3n) is 4.24. The van der Waals surface area contributed by atoms with Gasteiger partial charge in [0, 0.05) is 18.4 Å². The topological polar surface area (TPSA) is 45.8 Å². The Morgan fingerprint density at radius 2 is 2.12 bits per heavy atom. The van der Waals surface area contributed by atoms with E-state index in [-0.39, 0.29) is 0 Å². The predicted octanol–water partition coefficient (Wildman–Crippen LogP) is 4.93. The van der Waals surface area contributed by atoms with Crippen LogP contribution in [0.1, 0.15) is 43.5 Å². The van der Waals surface area contributed by atoms with Crippen molar-refractivity contribution in [3.63, 3.8) is 0 Å². The Morgan fingerprint density at radius 3 is 2.83 bits per heavy atom. The average molecular weight is 318 g/mol. The van der Waals surface area contributed by atoms with E-state index >= 15 is 0 Å². The molecule has 3 rings (SSSR count). The summed E-state index contributed by atoms with van der Waals surface area (Å²) in [5.41, 5.74) is 4.35. The average Bonchev–Trinajstić information content (AvgIpc) is 3.10. The standard InChI is InChI=1S/C21H22N2O/c1-3-6-17(24)11-15-9-10-16-7-5-8-19(20(16)12-15)18(4-2)21-13-22-14-23-21/h4-5,7-10,12-14H,3,6,11H2,1-2H3,(H,22,23). The van der Waals surface area contributed by atoms with Gasteiger partial charge in [0.25, 0.3) is 0 Å². The number of benzene rings is 2. The molecule has 0 aliphatic rings. The van der Waals surface area contributed by atoms with Crippen LogP contribution in [-0.2, 0) is 11.2 Å². The molecule has 0 saturated carbocycles. The highest BCUT2D eigenvalue weighted by Crippen LogP contribution is 2.29. The van der Waals surface area contributed by atoms with E-state index in [9.17, 15) is 4.79 Å². The zero-order valence-electron chi connectivity index (χ0n) is 14.2. The molecule has 3 heteroatoms. The number of carbonyl (C=O) groups is 1. The third-order valence-corrected chi connectivity index (χ3v) is 4.24. The number of allylic oxidation sites excluding steroid dienone is 1. The van der Waals surface area contributed by atoms with Gasteiger partial charge < -0.3 is 4.98 Å². The van der Waals surface area contributed by atoms with E-state index < -0.39 is 0 Å². The molecule has 0 unspecified atom stereocenters. The summed E-state index contributed by atoms with van der Waals surface area (Å²) in [6, 6.07) is 12.6. The summed E-state index contributed by atoms with van der Waals surface area (Å²) in [5, 5.41) is 2.35. The summed E-state index contributed by atoms with van der Waals surface area (Å²) in [4.78, 5) is 19.3. The second-order valence-corrected chi connectivity index (χ2v) is 5.99. The number of hydrogen-bond donors (Lipinski definition) is 1. The molecule has 2 aromatic carbocycles. The van der Waals surface area contributed by atoms with E-state index in [1.807, 2.05) is 20.0 Å². The van der Waals surface area contributed by atoms with Crippen molar-refractivity contribution in [2.75, 3.05) is 0 Å². The van der Waals surface area contributed by atoms with Gasteiger partial charge in [-0.2, -0.15) is 0 Å². The zero-order valence-corrected chi connectivity index (χ0v) is 14.2. The fraction of sp³-hybridized carbons (Fsp3) is 0.238. The largest absolute Gasteiger partial charge is 0.345 e. The molecule has 1 heterocycles. The molecule has 24 heavy (non-hydrogen) atoms. The van der Waals surface area contributed by atoms with Crippen molar-refractivity contribution in [1.29, 1.82) is 0 Å².